The van der Waals surface area contributed by atoms with Gasteiger partial charge in [0.1, 0.15) is 11.8 Å². The summed E-state index contributed by atoms with van der Waals surface area (Å²) in [5.74, 6) is 0.762. The van der Waals surface area contributed by atoms with Crippen LogP contribution in [0.1, 0.15) is 31.0 Å². The smallest absolute Gasteiger partial charge is 0.164 e. The lowest BCUT2D eigenvalue weighted by Gasteiger charge is -2.11. The Kier molecular flexibility index (Phi) is 4.31. The lowest BCUT2D eigenvalue weighted by Crippen LogP contribution is -2.34. The molecule has 3 aromatic heterocycles. The van der Waals surface area contributed by atoms with Gasteiger partial charge in [-0.1, -0.05) is 37.3 Å². The Morgan fingerprint density at radius 1 is 1.03 bits per heavy atom. The second kappa shape index (κ2) is 7.13. The molecule has 0 amide bonds. The number of benzene rings is 1. The lowest BCUT2D eigenvalue weighted by molar-refractivity contribution is 0.947. The predicted octanol–water partition coefficient (Wildman–Crippen LogP) is 3.18. The molecule has 0 spiro atoms. The van der Waals surface area contributed by atoms with Gasteiger partial charge in [0.15, 0.2) is 11.5 Å². The zero-order valence-electron chi connectivity index (χ0n) is 16.6. The van der Waals surface area contributed by atoms with Crippen LogP contribution >= 0.6 is 0 Å². The van der Waals surface area contributed by atoms with E-state index in [9.17, 15) is 0 Å². The number of anilines is 2. The third-order valence-electron chi connectivity index (χ3n) is 5.38. The number of para-hydroxylation sites is 1. The van der Waals surface area contributed by atoms with Gasteiger partial charge < -0.3 is 5.32 Å². The molecular weight excluding hydrogens is 360 g/mol. The van der Waals surface area contributed by atoms with Gasteiger partial charge in [-0.05, 0) is 43.9 Å². The van der Waals surface area contributed by atoms with Crippen LogP contribution in [0.5, 0.6) is 0 Å². The number of aryl methyl sites for hydroxylation is 2. The van der Waals surface area contributed by atoms with Gasteiger partial charge in [0, 0.05) is 10.4 Å². The molecule has 29 heavy (non-hydrogen) atoms. The van der Waals surface area contributed by atoms with Crippen LogP contribution in [0.15, 0.2) is 42.9 Å². The summed E-state index contributed by atoms with van der Waals surface area (Å²) in [6, 6.07) is 10.4. The maximum atomic E-state index is 4.69. The van der Waals surface area contributed by atoms with Crippen LogP contribution in [0.4, 0.5) is 11.5 Å². The Morgan fingerprint density at radius 3 is 2.72 bits per heavy atom. The first-order chi connectivity index (χ1) is 14.2. The molecule has 6 nitrogen and oxygen atoms in total. The molecule has 1 N–H and O–H groups in total. The number of rotatable bonds is 4. The fourth-order valence-electron chi connectivity index (χ4n) is 3.89. The van der Waals surface area contributed by atoms with Crippen molar-refractivity contribution in [2.24, 2.45) is 0 Å². The fourth-order valence-corrected chi connectivity index (χ4v) is 3.89. The number of pyridine rings is 1. The molecule has 0 bridgehead atoms. The molecule has 144 valence electrons. The SMILES string of the molecule is CCc1ccccc1-n1cnc2cc(Nc3nnc(C)c4c3=CCCC=4)cnc21. The van der Waals surface area contributed by atoms with Crippen LogP contribution in [0, 0.1) is 6.92 Å². The van der Waals surface area contributed by atoms with E-state index < -0.39 is 0 Å². The number of aromatic nitrogens is 5. The zero-order valence-corrected chi connectivity index (χ0v) is 16.6. The predicted molar refractivity (Wildman–Crippen MR) is 116 cm³/mol. The molecule has 0 fully saturated rings. The van der Waals surface area contributed by atoms with E-state index in [1.54, 1.807) is 0 Å². The second-order valence-corrected chi connectivity index (χ2v) is 7.24. The Morgan fingerprint density at radius 2 is 1.86 bits per heavy atom. The highest BCUT2D eigenvalue weighted by Gasteiger charge is 2.11. The molecule has 0 radical (unpaired) electrons. The normalized spacial score (nSPS) is 12.9. The average molecular weight is 382 g/mol. The van der Waals surface area contributed by atoms with Crippen molar-refractivity contribution in [3.8, 4) is 5.69 Å². The highest BCUT2D eigenvalue weighted by atomic mass is 15.2. The van der Waals surface area contributed by atoms with Gasteiger partial charge in [-0.2, -0.15) is 5.10 Å². The molecule has 0 aliphatic heterocycles. The zero-order chi connectivity index (χ0) is 19.8. The van der Waals surface area contributed by atoms with E-state index in [1.807, 2.05) is 36.1 Å². The Labute approximate surface area is 168 Å². The van der Waals surface area contributed by atoms with Crippen LogP contribution < -0.4 is 15.8 Å². The van der Waals surface area contributed by atoms with Gasteiger partial charge >= 0.3 is 0 Å². The molecule has 1 aromatic carbocycles. The Hall–Kier alpha value is -3.54. The second-order valence-electron chi connectivity index (χ2n) is 7.24. The number of nitrogens with zero attached hydrogens (tertiary/aromatic N) is 5. The van der Waals surface area contributed by atoms with Crippen molar-refractivity contribution in [1.82, 2.24) is 24.7 Å². The number of imidazole rings is 1. The van der Waals surface area contributed by atoms with Gasteiger partial charge in [0.05, 0.1) is 23.3 Å². The van der Waals surface area contributed by atoms with E-state index in [1.165, 1.54) is 10.8 Å². The molecule has 1 aliphatic rings. The van der Waals surface area contributed by atoms with Gasteiger partial charge in [0.25, 0.3) is 0 Å². The standard InChI is InChI=1S/C23H22N6/c1-3-16-8-4-7-11-21(16)29-14-25-20-12-17(13-24-23(20)29)26-22-19-10-6-5-9-18(19)15(2)27-28-22/h4,7-14H,3,5-6H2,1-2H3,(H,26,28). The van der Waals surface area contributed by atoms with Crippen LogP contribution in [-0.4, -0.2) is 24.7 Å². The maximum Gasteiger partial charge on any atom is 0.164 e. The molecule has 0 saturated heterocycles. The minimum Gasteiger partial charge on any atom is -0.337 e. The number of hydrogen-bond donors (Lipinski definition) is 1. The van der Waals surface area contributed by atoms with Crippen LogP contribution in [0.25, 0.3) is 29.0 Å². The summed E-state index contributed by atoms with van der Waals surface area (Å²) in [7, 11) is 0. The van der Waals surface area contributed by atoms with Crippen molar-refractivity contribution in [2.45, 2.75) is 33.1 Å². The van der Waals surface area contributed by atoms with Crippen molar-refractivity contribution in [2.75, 3.05) is 5.32 Å². The minimum absolute atomic E-state index is 0.762. The number of hydrogen-bond acceptors (Lipinski definition) is 5. The highest BCUT2D eigenvalue weighted by molar-refractivity contribution is 5.78. The van der Waals surface area contributed by atoms with E-state index >= 15 is 0 Å². The largest absolute Gasteiger partial charge is 0.337 e. The van der Waals surface area contributed by atoms with Crippen LogP contribution in [0.3, 0.4) is 0 Å². The molecular formula is C23H22N6. The van der Waals surface area contributed by atoms with Crippen molar-refractivity contribution in [3.63, 3.8) is 0 Å². The quantitative estimate of drug-likeness (QED) is 0.587. The monoisotopic (exact) mass is 382 g/mol. The van der Waals surface area contributed by atoms with Crippen LogP contribution in [-0.2, 0) is 6.42 Å². The summed E-state index contributed by atoms with van der Waals surface area (Å²) in [6.45, 7) is 4.16. The van der Waals surface area contributed by atoms with E-state index in [2.05, 4.69) is 57.8 Å². The molecule has 4 aromatic rings. The summed E-state index contributed by atoms with van der Waals surface area (Å²) < 4.78 is 2.05. The first kappa shape index (κ1) is 17.6. The van der Waals surface area contributed by atoms with Crippen molar-refractivity contribution in [1.29, 1.82) is 0 Å². The summed E-state index contributed by atoms with van der Waals surface area (Å²) in [6.07, 6.45) is 11.1. The summed E-state index contributed by atoms with van der Waals surface area (Å²) >= 11 is 0. The maximum absolute atomic E-state index is 4.69. The van der Waals surface area contributed by atoms with Crippen molar-refractivity contribution >= 4 is 34.8 Å². The van der Waals surface area contributed by atoms with E-state index in [0.29, 0.717) is 0 Å². The molecule has 0 atom stereocenters. The van der Waals surface area contributed by atoms with Gasteiger partial charge in [-0.25, -0.2) is 9.97 Å². The molecule has 5 rings (SSSR count). The molecule has 3 heterocycles. The lowest BCUT2D eigenvalue weighted by atomic mass is 10.1. The van der Waals surface area contributed by atoms with Crippen molar-refractivity contribution < 1.29 is 0 Å². The van der Waals surface area contributed by atoms with E-state index in [-0.39, 0.29) is 0 Å². The third-order valence-corrected chi connectivity index (χ3v) is 5.38. The Bertz CT molecular complexity index is 1340. The van der Waals surface area contributed by atoms with Crippen LogP contribution in [0.2, 0.25) is 0 Å². The molecule has 0 saturated carbocycles. The summed E-state index contributed by atoms with van der Waals surface area (Å²) in [5.41, 5.74) is 5.88. The van der Waals surface area contributed by atoms with Crippen molar-refractivity contribution in [3.05, 3.63) is 64.6 Å². The number of fused-ring (bicyclic) bond motifs is 2. The topological polar surface area (TPSA) is 68.5 Å². The molecule has 0 unspecified atom stereocenters. The fraction of sp³-hybridized carbons (Fsp3) is 0.217. The summed E-state index contributed by atoms with van der Waals surface area (Å²) in [5, 5.41) is 14.4. The number of nitrogens with one attached hydrogen (secondary N) is 1. The minimum atomic E-state index is 0.762. The highest BCUT2D eigenvalue weighted by Crippen LogP contribution is 2.22. The van der Waals surface area contributed by atoms with E-state index in [0.717, 1.165) is 58.5 Å². The summed E-state index contributed by atoms with van der Waals surface area (Å²) in [4.78, 5) is 9.28. The van der Waals surface area contributed by atoms with E-state index in [4.69, 9.17) is 4.98 Å². The van der Waals surface area contributed by atoms with Gasteiger partial charge in [0.2, 0.25) is 0 Å². The molecule has 1 aliphatic carbocycles. The van der Waals surface area contributed by atoms with Gasteiger partial charge in [-0.15, -0.1) is 5.10 Å². The molecule has 6 heteroatoms. The average Bonchev–Trinajstić information content (AvgIpc) is 3.19. The first-order valence-corrected chi connectivity index (χ1v) is 9.96. The first-order valence-electron chi connectivity index (χ1n) is 9.96. The van der Waals surface area contributed by atoms with Gasteiger partial charge in [-0.3, -0.25) is 4.57 Å². The third kappa shape index (κ3) is 3.06. The Balaban J connectivity index is 1.55.